The van der Waals surface area contributed by atoms with Crippen LogP contribution in [0.15, 0.2) is 36.5 Å². The molecule has 1 fully saturated rings. The van der Waals surface area contributed by atoms with Gasteiger partial charge in [0.2, 0.25) is 0 Å². The number of amides is 1. The lowest BCUT2D eigenvalue weighted by molar-refractivity contribution is -0.126. The van der Waals surface area contributed by atoms with Crippen LogP contribution >= 0.6 is 0 Å². The van der Waals surface area contributed by atoms with Crippen LogP contribution in [0.25, 0.3) is 11.3 Å². The first kappa shape index (κ1) is 18.9. The molecule has 5 heteroatoms. The molecule has 2 aromatic rings. The van der Waals surface area contributed by atoms with Crippen LogP contribution in [-0.4, -0.2) is 41.0 Å². The Hall–Kier alpha value is -2.87. The molecule has 3 rings (SSSR count). The molecule has 5 nitrogen and oxygen atoms in total. The number of nitrogens with zero attached hydrogens (tertiary/aromatic N) is 3. The Kier molecular flexibility index (Phi) is 6.08. The number of carbonyl (C=O) groups excluding carboxylic acids is 1. The van der Waals surface area contributed by atoms with Gasteiger partial charge in [0.15, 0.2) is 0 Å². The number of hydrogen-bond acceptors (Lipinski definition) is 4. The van der Waals surface area contributed by atoms with Crippen LogP contribution in [0.4, 0.5) is 0 Å². The SMILES string of the molecule is COc1ccc(-c2ccnc(C3CCN(C(=O)C#CC(C)C)CC3)n2)cc1. The standard InChI is InChI=1S/C22H25N3O2/c1-16(2)4-9-21(26)25-14-11-18(12-15-25)22-23-13-10-20(24-22)17-5-7-19(27-3)8-6-17/h5-8,10,13,16,18H,11-12,14-15H2,1-3H3. The van der Waals surface area contributed by atoms with Gasteiger partial charge in [0.25, 0.3) is 5.91 Å². The third-order valence-electron chi connectivity index (χ3n) is 4.68. The van der Waals surface area contributed by atoms with Crippen molar-refractivity contribution in [3.05, 3.63) is 42.4 Å². The normalized spacial score (nSPS) is 14.6. The summed E-state index contributed by atoms with van der Waals surface area (Å²) in [7, 11) is 1.66. The van der Waals surface area contributed by atoms with Gasteiger partial charge >= 0.3 is 0 Å². The van der Waals surface area contributed by atoms with Crippen LogP contribution in [0.5, 0.6) is 5.75 Å². The molecule has 1 aromatic heterocycles. The highest BCUT2D eigenvalue weighted by molar-refractivity contribution is 5.93. The number of carbonyl (C=O) groups is 1. The third-order valence-corrected chi connectivity index (χ3v) is 4.68. The summed E-state index contributed by atoms with van der Waals surface area (Å²) >= 11 is 0. The van der Waals surface area contributed by atoms with E-state index >= 15 is 0 Å². The van der Waals surface area contributed by atoms with E-state index in [1.54, 1.807) is 7.11 Å². The molecule has 1 aromatic carbocycles. The monoisotopic (exact) mass is 363 g/mol. The number of rotatable bonds is 3. The molecule has 0 spiro atoms. The number of piperidine rings is 1. The molecule has 0 unspecified atom stereocenters. The minimum absolute atomic E-state index is 0.0740. The maximum Gasteiger partial charge on any atom is 0.298 e. The Morgan fingerprint density at radius 1 is 1.19 bits per heavy atom. The Morgan fingerprint density at radius 3 is 2.52 bits per heavy atom. The number of likely N-dealkylation sites (tertiary alicyclic amines) is 1. The average Bonchev–Trinajstić information content (AvgIpc) is 2.72. The second kappa shape index (κ2) is 8.68. The van der Waals surface area contributed by atoms with Crippen LogP contribution in [0, 0.1) is 17.8 Å². The summed E-state index contributed by atoms with van der Waals surface area (Å²) < 4.78 is 5.21. The van der Waals surface area contributed by atoms with Gasteiger partial charge in [-0.3, -0.25) is 4.79 Å². The van der Waals surface area contributed by atoms with Crippen molar-refractivity contribution >= 4 is 5.91 Å². The Morgan fingerprint density at radius 2 is 1.89 bits per heavy atom. The van der Waals surface area contributed by atoms with E-state index in [-0.39, 0.29) is 17.7 Å². The number of aromatic nitrogens is 2. The van der Waals surface area contributed by atoms with E-state index in [9.17, 15) is 4.79 Å². The van der Waals surface area contributed by atoms with Gasteiger partial charge in [-0.2, -0.15) is 0 Å². The van der Waals surface area contributed by atoms with Crippen LogP contribution < -0.4 is 4.74 Å². The highest BCUT2D eigenvalue weighted by Crippen LogP contribution is 2.27. The fourth-order valence-electron chi connectivity index (χ4n) is 3.12. The molecule has 1 aliphatic heterocycles. The fraction of sp³-hybridized carbons (Fsp3) is 0.409. The fourth-order valence-corrected chi connectivity index (χ4v) is 3.12. The quantitative estimate of drug-likeness (QED) is 0.783. The van der Waals surface area contributed by atoms with E-state index in [0.29, 0.717) is 13.1 Å². The van der Waals surface area contributed by atoms with Gasteiger partial charge in [0.05, 0.1) is 12.8 Å². The molecule has 0 N–H and O–H groups in total. The van der Waals surface area contributed by atoms with E-state index < -0.39 is 0 Å². The first-order chi connectivity index (χ1) is 13.1. The zero-order valence-electron chi connectivity index (χ0n) is 16.1. The number of hydrogen-bond donors (Lipinski definition) is 0. The molecule has 140 valence electrons. The highest BCUT2D eigenvalue weighted by atomic mass is 16.5. The van der Waals surface area contributed by atoms with E-state index in [0.717, 1.165) is 35.7 Å². The second-order valence-electron chi connectivity index (χ2n) is 7.02. The molecule has 27 heavy (non-hydrogen) atoms. The van der Waals surface area contributed by atoms with Gasteiger partial charge in [-0.05, 0) is 49.1 Å². The van der Waals surface area contributed by atoms with Gasteiger partial charge < -0.3 is 9.64 Å². The van der Waals surface area contributed by atoms with E-state index in [1.807, 2.05) is 55.3 Å². The van der Waals surface area contributed by atoms with Crippen LogP contribution in [0.2, 0.25) is 0 Å². The van der Waals surface area contributed by atoms with Crippen LogP contribution in [0.1, 0.15) is 38.4 Å². The molecule has 0 saturated carbocycles. The maximum atomic E-state index is 12.1. The van der Waals surface area contributed by atoms with E-state index in [2.05, 4.69) is 16.8 Å². The summed E-state index contributed by atoms with van der Waals surface area (Å²) in [6.45, 7) is 5.37. The van der Waals surface area contributed by atoms with Crippen LogP contribution in [0.3, 0.4) is 0 Å². The molecule has 1 amide bonds. The van der Waals surface area contributed by atoms with Crippen LogP contribution in [-0.2, 0) is 4.79 Å². The third kappa shape index (κ3) is 4.85. The minimum atomic E-state index is -0.0740. The molecule has 0 atom stereocenters. The minimum Gasteiger partial charge on any atom is -0.497 e. The molecule has 0 radical (unpaired) electrons. The molecule has 2 heterocycles. The molecular weight excluding hydrogens is 338 g/mol. The summed E-state index contributed by atoms with van der Waals surface area (Å²) in [6.07, 6.45) is 3.54. The Labute approximate surface area is 160 Å². The van der Waals surface area contributed by atoms with Gasteiger partial charge in [-0.1, -0.05) is 19.8 Å². The lowest BCUT2D eigenvalue weighted by atomic mass is 9.95. The smallest absolute Gasteiger partial charge is 0.298 e. The summed E-state index contributed by atoms with van der Waals surface area (Å²) in [5.41, 5.74) is 1.94. The van der Waals surface area contributed by atoms with Crippen molar-refractivity contribution in [3.63, 3.8) is 0 Å². The van der Waals surface area contributed by atoms with Crippen molar-refractivity contribution in [1.29, 1.82) is 0 Å². The summed E-state index contributed by atoms with van der Waals surface area (Å²) in [6, 6.07) is 9.78. The summed E-state index contributed by atoms with van der Waals surface area (Å²) in [5.74, 6) is 7.77. The van der Waals surface area contributed by atoms with E-state index in [4.69, 9.17) is 9.72 Å². The predicted molar refractivity (Wildman–Crippen MR) is 105 cm³/mol. The average molecular weight is 363 g/mol. The largest absolute Gasteiger partial charge is 0.497 e. The highest BCUT2D eigenvalue weighted by Gasteiger charge is 2.25. The van der Waals surface area contributed by atoms with E-state index in [1.165, 1.54) is 0 Å². The van der Waals surface area contributed by atoms with Gasteiger partial charge in [0.1, 0.15) is 11.6 Å². The zero-order chi connectivity index (χ0) is 19.2. The summed E-state index contributed by atoms with van der Waals surface area (Å²) in [5, 5.41) is 0. The maximum absolute atomic E-state index is 12.1. The number of benzene rings is 1. The molecular formula is C22H25N3O2. The topological polar surface area (TPSA) is 55.3 Å². The van der Waals surface area contributed by atoms with Crippen molar-refractivity contribution in [1.82, 2.24) is 14.9 Å². The Balaban J connectivity index is 1.66. The molecule has 1 saturated heterocycles. The second-order valence-corrected chi connectivity index (χ2v) is 7.02. The predicted octanol–water partition coefficient (Wildman–Crippen LogP) is 3.52. The first-order valence-electron chi connectivity index (χ1n) is 9.34. The molecule has 1 aliphatic rings. The molecule has 0 bridgehead atoms. The van der Waals surface area contributed by atoms with Crippen molar-refractivity contribution < 1.29 is 9.53 Å². The van der Waals surface area contributed by atoms with Gasteiger partial charge in [-0.15, -0.1) is 0 Å². The summed E-state index contributed by atoms with van der Waals surface area (Å²) in [4.78, 5) is 23.2. The van der Waals surface area contributed by atoms with Crippen molar-refractivity contribution in [3.8, 4) is 28.8 Å². The van der Waals surface area contributed by atoms with Gasteiger partial charge in [-0.25, -0.2) is 9.97 Å². The van der Waals surface area contributed by atoms with Crippen molar-refractivity contribution in [2.24, 2.45) is 5.92 Å². The molecule has 0 aliphatic carbocycles. The van der Waals surface area contributed by atoms with Crippen molar-refractivity contribution in [2.75, 3.05) is 20.2 Å². The zero-order valence-corrected chi connectivity index (χ0v) is 16.1. The number of methoxy groups -OCH3 is 1. The lowest BCUT2D eigenvalue weighted by Crippen LogP contribution is -2.37. The van der Waals surface area contributed by atoms with Gasteiger partial charge in [0, 0.05) is 36.7 Å². The lowest BCUT2D eigenvalue weighted by Gasteiger charge is -2.30. The first-order valence-corrected chi connectivity index (χ1v) is 9.34. The number of ether oxygens (including phenoxy) is 1. The Bertz CT molecular complexity index is 842. The van der Waals surface area contributed by atoms with Crippen molar-refractivity contribution in [2.45, 2.75) is 32.6 Å².